The maximum atomic E-state index is 13.5. The third-order valence-electron chi connectivity index (χ3n) is 14.2. The summed E-state index contributed by atoms with van der Waals surface area (Å²) in [6, 6.07) is 27.5. The monoisotopic (exact) mass is 892 g/mol. The van der Waals surface area contributed by atoms with Crippen molar-refractivity contribution in [2.24, 2.45) is 5.84 Å². The second-order valence-electron chi connectivity index (χ2n) is 17.7. The number of nitrogen functional groups attached to an aromatic ring is 1. The van der Waals surface area contributed by atoms with Gasteiger partial charge in [-0.1, -0.05) is 63.1 Å². The average molecular weight is 893 g/mol. The number of ether oxygens (including phenoxy) is 1. The lowest BCUT2D eigenvalue weighted by atomic mass is 9.76. The lowest BCUT2D eigenvalue weighted by Gasteiger charge is -2.33. The Morgan fingerprint density at radius 1 is 0.606 bits per heavy atom. The Bertz CT molecular complexity index is 2260. The van der Waals surface area contributed by atoms with E-state index in [1.807, 2.05) is 58.3 Å². The number of carbonyl (C=O) groups excluding carboxylic acids is 4. The normalized spacial score (nSPS) is 16.4. The molecule has 2 saturated carbocycles. The van der Waals surface area contributed by atoms with Crippen LogP contribution in [0.4, 0.5) is 0 Å². The first-order valence-corrected chi connectivity index (χ1v) is 23.6. The summed E-state index contributed by atoms with van der Waals surface area (Å²) in [6.07, 6.45) is 11.7. The van der Waals surface area contributed by atoms with Gasteiger partial charge in [0, 0.05) is 50.0 Å². The number of hydrazine groups is 1. The molecule has 0 spiro atoms. The molecule has 0 bridgehead atoms. The van der Waals surface area contributed by atoms with Gasteiger partial charge in [-0.3, -0.25) is 19.8 Å². The number of nitriles is 2. The third-order valence-corrected chi connectivity index (χ3v) is 14.2. The zero-order valence-electron chi connectivity index (χ0n) is 38.9. The number of nitrogens with zero attached hydrogens (tertiary/aromatic N) is 4. The van der Waals surface area contributed by atoms with Gasteiger partial charge in [0.1, 0.15) is 0 Å². The predicted molar refractivity (Wildman–Crippen MR) is 254 cm³/mol. The van der Waals surface area contributed by atoms with E-state index in [1.165, 1.54) is 31.1 Å². The molecule has 2 aliphatic carbocycles. The van der Waals surface area contributed by atoms with Gasteiger partial charge in [-0.05, 0) is 158 Å². The van der Waals surface area contributed by atoms with Gasteiger partial charge in [0.2, 0.25) is 0 Å². The summed E-state index contributed by atoms with van der Waals surface area (Å²) >= 11 is 0. The summed E-state index contributed by atoms with van der Waals surface area (Å²) < 4.78 is 5.05. The minimum Gasteiger partial charge on any atom is -0.465 e. The fourth-order valence-electron chi connectivity index (χ4n) is 9.82. The van der Waals surface area contributed by atoms with Crippen LogP contribution >= 0.6 is 0 Å². The van der Waals surface area contributed by atoms with Crippen LogP contribution in [-0.4, -0.2) is 79.0 Å². The van der Waals surface area contributed by atoms with Crippen molar-refractivity contribution in [3.05, 3.63) is 140 Å². The van der Waals surface area contributed by atoms with Crippen LogP contribution in [-0.2, 0) is 17.6 Å². The molecule has 12 heteroatoms. The second-order valence-corrected chi connectivity index (χ2v) is 17.7. The van der Waals surface area contributed by atoms with E-state index < -0.39 is 0 Å². The molecular formula is C54H64N6O6. The number of rotatable bonds is 10. The highest BCUT2D eigenvalue weighted by molar-refractivity contribution is 6.02. The Kier molecular flexibility index (Phi) is 17.3. The predicted octanol–water partition coefficient (Wildman–Crippen LogP) is 8.81. The third kappa shape index (κ3) is 11.0. The zero-order chi connectivity index (χ0) is 47.3. The molecule has 0 aromatic heterocycles. The Balaban J connectivity index is 0.000000210. The van der Waals surface area contributed by atoms with Gasteiger partial charge < -0.3 is 19.6 Å². The molecule has 12 nitrogen and oxygen atoms in total. The Morgan fingerprint density at radius 2 is 0.985 bits per heavy atom. The molecule has 4 N–H and O–H groups in total. The van der Waals surface area contributed by atoms with E-state index in [2.05, 4.69) is 43.5 Å². The van der Waals surface area contributed by atoms with Crippen LogP contribution in [0, 0.1) is 22.7 Å². The molecule has 346 valence electrons. The fraction of sp³-hybridized carbons (Fsp3) is 0.444. The molecule has 4 aromatic rings. The molecule has 8 rings (SSSR count). The summed E-state index contributed by atoms with van der Waals surface area (Å²) in [5.41, 5.74) is 12.4. The molecule has 2 saturated heterocycles. The smallest absolute Gasteiger partial charge is 0.338 e. The largest absolute Gasteiger partial charge is 0.465 e. The van der Waals surface area contributed by atoms with E-state index >= 15 is 0 Å². The van der Waals surface area contributed by atoms with Crippen molar-refractivity contribution in [1.82, 2.24) is 15.2 Å². The molecule has 3 amide bonds. The van der Waals surface area contributed by atoms with Gasteiger partial charge >= 0.3 is 5.97 Å². The summed E-state index contributed by atoms with van der Waals surface area (Å²) in [5.74, 6) is 6.30. The summed E-state index contributed by atoms with van der Waals surface area (Å²) in [4.78, 5) is 55.8. The molecule has 66 heavy (non-hydrogen) atoms. The van der Waals surface area contributed by atoms with Crippen molar-refractivity contribution < 1.29 is 29.0 Å². The van der Waals surface area contributed by atoms with Crippen molar-refractivity contribution in [2.75, 3.05) is 40.4 Å². The molecule has 0 atom stereocenters. The van der Waals surface area contributed by atoms with Gasteiger partial charge in [-0.2, -0.15) is 10.5 Å². The second kappa shape index (κ2) is 23.2. The number of piperidine rings is 2. The summed E-state index contributed by atoms with van der Waals surface area (Å²) in [7, 11) is 2.40. The van der Waals surface area contributed by atoms with Gasteiger partial charge in [0.15, 0.2) is 0 Å². The van der Waals surface area contributed by atoms with Gasteiger partial charge in [-0.25, -0.2) is 10.6 Å². The van der Waals surface area contributed by atoms with E-state index in [-0.39, 0.29) is 23.7 Å². The highest BCUT2D eigenvalue weighted by Crippen LogP contribution is 2.41. The average Bonchev–Trinajstić information content (AvgIpc) is 3.35. The van der Waals surface area contributed by atoms with Crippen LogP contribution in [0.2, 0.25) is 0 Å². The van der Waals surface area contributed by atoms with E-state index in [0.29, 0.717) is 83.2 Å². The Morgan fingerprint density at radius 3 is 1.30 bits per heavy atom. The zero-order valence-corrected chi connectivity index (χ0v) is 38.9. The Labute approximate surface area is 389 Å². The van der Waals surface area contributed by atoms with Crippen LogP contribution in [0.15, 0.2) is 72.8 Å². The maximum absolute atomic E-state index is 13.5. The first-order chi connectivity index (χ1) is 32.1. The number of aliphatic hydroxyl groups is 1. The first kappa shape index (κ1) is 49.1. The van der Waals surface area contributed by atoms with Crippen LogP contribution < -0.4 is 11.3 Å². The number of hydrogen-bond donors (Lipinski definition) is 3. The van der Waals surface area contributed by atoms with Crippen molar-refractivity contribution >= 4 is 23.7 Å². The maximum Gasteiger partial charge on any atom is 0.338 e. The molecule has 2 aliphatic heterocycles. The van der Waals surface area contributed by atoms with Crippen LogP contribution in [0.3, 0.4) is 0 Å². The molecular weight excluding hydrogens is 829 g/mol. The minimum absolute atomic E-state index is 0.00504. The molecule has 0 radical (unpaired) electrons. The number of benzene rings is 4. The van der Waals surface area contributed by atoms with Crippen LogP contribution in [0.25, 0.3) is 0 Å². The molecule has 4 aliphatic rings. The SMILES string of the molecule is CCc1cc(C2CCC2)c(C(=O)NN)cc1C(=O)N1CCC(c2ccc(C#N)cc2)CC1.CCc1cc(C2CCC2)c(C(=O)OC)cc1C(=O)N1CCC(c2ccc(C#N)cc2)CC1.CO. The summed E-state index contributed by atoms with van der Waals surface area (Å²) in [5, 5.41) is 25.0. The van der Waals surface area contributed by atoms with Gasteiger partial charge in [-0.15, -0.1) is 0 Å². The summed E-state index contributed by atoms with van der Waals surface area (Å²) in [6.45, 7) is 6.84. The number of nitrogens with one attached hydrogen (secondary N) is 1. The number of hydrogen-bond acceptors (Lipinski definition) is 9. The quantitative estimate of drug-likeness (QED) is 0.0605. The lowest BCUT2D eigenvalue weighted by Crippen LogP contribution is -2.39. The number of aryl methyl sites for hydroxylation is 2. The number of methoxy groups -OCH3 is 1. The van der Waals surface area contributed by atoms with Crippen molar-refractivity contribution in [2.45, 2.75) is 115 Å². The first-order valence-electron chi connectivity index (χ1n) is 23.6. The number of esters is 1. The highest BCUT2D eigenvalue weighted by atomic mass is 16.5. The number of nitrogens with two attached hydrogens (primary N) is 1. The van der Waals surface area contributed by atoms with Crippen molar-refractivity contribution in [3.8, 4) is 12.1 Å². The number of amides is 3. The fourth-order valence-corrected chi connectivity index (χ4v) is 9.82. The molecule has 4 fully saturated rings. The molecule has 2 heterocycles. The minimum atomic E-state index is -0.358. The Hall–Kier alpha value is -6.34. The number of likely N-dealkylation sites (tertiary alicyclic amines) is 2. The number of aliphatic hydroxyl groups excluding tert-OH is 1. The van der Waals surface area contributed by atoms with E-state index in [4.69, 9.17) is 26.2 Å². The van der Waals surface area contributed by atoms with Crippen molar-refractivity contribution in [3.63, 3.8) is 0 Å². The van der Waals surface area contributed by atoms with Gasteiger partial charge in [0.05, 0.1) is 35.9 Å². The van der Waals surface area contributed by atoms with Crippen molar-refractivity contribution in [1.29, 1.82) is 10.5 Å². The lowest BCUT2D eigenvalue weighted by molar-refractivity contribution is 0.0597. The standard InChI is InChI=1S/C27H30N2O3.C26H30N4O2.CH4O/c1-3-19-15-23(22-5-4-6-22)25(27(31)32-2)16-24(19)26(30)29-13-11-21(12-14-29)20-9-7-18(17-28)8-10-20;1-2-18-14-22(21-4-3-5-21)24(25(31)29-28)15-23(18)26(32)30-12-10-20(11-13-30)19-8-6-17(16-27)7-9-19;1-2/h7-10,15-16,21-22H,3-6,11-14H2,1-2H3;6-9,14-15,20-21H,2-5,10-13,28H2,1H3,(H,29,31);2H,1H3. The number of carbonyl (C=O) groups is 4. The highest BCUT2D eigenvalue weighted by Gasteiger charge is 2.32. The van der Waals surface area contributed by atoms with E-state index in [9.17, 15) is 19.2 Å². The van der Waals surface area contributed by atoms with E-state index in [0.717, 1.165) is 93.6 Å². The topological polar surface area (TPSA) is 190 Å². The van der Waals surface area contributed by atoms with Gasteiger partial charge in [0.25, 0.3) is 17.7 Å². The van der Waals surface area contributed by atoms with Crippen LogP contribution in [0.5, 0.6) is 0 Å². The molecule has 0 unspecified atom stereocenters. The van der Waals surface area contributed by atoms with Crippen LogP contribution in [0.1, 0.15) is 188 Å². The molecule has 4 aromatic carbocycles. The van der Waals surface area contributed by atoms with E-state index in [1.54, 1.807) is 12.1 Å².